The van der Waals surface area contributed by atoms with Gasteiger partial charge in [-0.05, 0) is 26.0 Å². The Morgan fingerprint density at radius 1 is 1.25 bits per heavy atom. The van der Waals surface area contributed by atoms with E-state index in [-0.39, 0.29) is 10.6 Å². The van der Waals surface area contributed by atoms with Crippen molar-refractivity contribution in [3.05, 3.63) is 29.3 Å². The van der Waals surface area contributed by atoms with Gasteiger partial charge in [0, 0.05) is 11.6 Å². The van der Waals surface area contributed by atoms with Crippen molar-refractivity contribution in [2.75, 3.05) is 11.4 Å². The molecule has 112 valence electrons. The summed E-state index contributed by atoms with van der Waals surface area (Å²) in [5.41, 5.74) is 4.39. The van der Waals surface area contributed by atoms with Crippen molar-refractivity contribution in [2.45, 2.75) is 26.1 Å². The normalized spacial score (nSPS) is 11.8. The molecule has 0 aliphatic rings. The zero-order chi connectivity index (χ0) is 15.7. The highest BCUT2D eigenvalue weighted by Crippen LogP contribution is 2.29. The van der Waals surface area contributed by atoms with E-state index in [1.165, 1.54) is 13.8 Å². The van der Waals surface area contributed by atoms with Crippen LogP contribution in [0.3, 0.4) is 0 Å². The van der Waals surface area contributed by atoms with Gasteiger partial charge >= 0.3 is 6.18 Å². The van der Waals surface area contributed by atoms with Gasteiger partial charge in [0.05, 0.1) is 5.69 Å². The Hall–Kier alpha value is -1.44. The van der Waals surface area contributed by atoms with Gasteiger partial charge in [-0.2, -0.15) is 13.2 Å². The fourth-order valence-electron chi connectivity index (χ4n) is 1.69. The monoisotopic (exact) mass is 312 g/mol. The van der Waals surface area contributed by atoms with Crippen molar-refractivity contribution in [1.82, 2.24) is 0 Å². The minimum absolute atomic E-state index is 0.336. The molecule has 1 aromatic rings. The average molecular weight is 312 g/mol. The summed E-state index contributed by atoms with van der Waals surface area (Å²) < 4.78 is 65.1. The van der Waals surface area contributed by atoms with Crippen molar-refractivity contribution in [3.8, 4) is 0 Å². The molecule has 0 atom stereocenters. The van der Waals surface area contributed by atoms with Gasteiger partial charge < -0.3 is 10.6 Å². The van der Waals surface area contributed by atoms with E-state index in [2.05, 4.69) is 12.2 Å². The second-order valence-electron chi connectivity index (χ2n) is 4.46. The van der Waals surface area contributed by atoms with Crippen LogP contribution in [0.5, 0.6) is 0 Å². The van der Waals surface area contributed by atoms with Crippen molar-refractivity contribution in [1.29, 1.82) is 0 Å². The predicted molar refractivity (Wildman–Crippen MR) is 70.8 cm³/mol. The number of halogens is 5. The first-order valence-corrected chi connectivity index (χ1v) is 6.06. The topological polar surface area (TPSA) is 29.3 Å². The quantitative estimate of drug-likeness (QED) is 0.683. The molecule has 1 rings (SSSR count). The number of benzene rings is 1. The molecule has 0 aliphatic carbocycles. The van der Waals surface area contributed by atoms with Crippen LogP contribution in [0.2, 0.25) is 0 Å². The molecule has 20 heavy (non-hydrogen) atoms. The van der Waals surface area contributed by atoms with Crippen LogP contribution < -0.4 is 10.6 Å². The molecule has 0 aliphatic heterocycles. The third-order valence-electron chi connectivity index (χ3n) is 2.61. The van der Waals surface area contributed by atoms with Crippen LogP contribution >= 0.6 is 12.2 Å². The van der Waals surface area contributed by atoms with Gasteiger partial charge in [0.1, 0.15) is 11.5 Å². The fraction of sp³-hybridized carbons (Fsp3) is 0.417. The SMILES string of the molecule is CC(C)N(CC(F)(F)F)c1ccc(C(N)=S)c(F)c1F. The van der Waals surface area contributed by atoms with Crippen molar-refractivity contribution < 1.29 is 22.0 Å². The molecule has 1 aromatic carbocycles. The molecule has 0 bridgehead atoms. The second kappa shape index (κ2) is 5.90. The third-order valence-corrected chi connectivity index (χ3v) is 2.83. The number of alkyl halides is 3. The first kappa shape index (κ1) is 16.6. The number of rotatable bonds is 4. The van der Waals surface area contributed by atoms with E-state index < -0.39 is 36.1 Å². The summed E-state index contributed by atoms with van der Waals surface area (Å²) in [4.78, 5) is 0.363. The molecular formula is C12H13F5N2S. The number of anilines is 1. The van der Waals surface area contributed by atoms with Gasteiger partial charge in [0.25, 0.3) is 0 Å². The molecule has 2 N–H and O–H groups in total. The summed E-state index contributed by atoms with van der Waals surface area (Å²) in [7, 11) is 0. The Morgan fingerprint density at radius 3 is 2.20 bits per heavy atom. The summed E-state index contributed by atoms with van der Waals surface area (Å²) in [6, 6.07) is 1.45. The molecule has 0 saturated carbocycles. The lowest BCUT2D eigenvalue weighted by Crippen LogP contribution is -2.40. The van der Waals surface area contributed by atoms with Crippen LogP contribution in [-0.4, -0.2) is 23.8 Å². The lowest BCUT2D eigenvalue weighted by atomic mass is 10.1. The highest BCUT2D eigenvalue weighted by Gasteiger charge is 2.33. The van der Waals surface area contributed by atoms with Gasteiger partial charge in [-0.25, -0.2) is 8.78 Å². The highest BCUT2D eigenvalue weighted by molar-refractivity contribution is 7.80. The summed E-state index contributed by atoms with van der Waals surface area (Å²) in [6.07, 6.45) is -4.53. The van der Waals surface area contributed by atoms with Gasteiger partial charge in [-0.1, -0.05) is 12.2 Å². The van der Waals surface area contributed by atoms with E-state index in [1.54, 1.807) is 0 Å². The predicted octanol–water partition coefficient (Wildman–Crippen LogP) is 3.38. The van der Waals surface area contributed by atoms with E-state index in [0.29, 0.717) is 0 Å². The van der Waals surface area contributed by atoms with Crippen molar-refractivity contribution >= 4 is 22.9 Å². The van der Waals surface area contributed by atoms with E-state index in [0.717, 1.165) is 17.0 Å². The average Bonchev–Trinajstić information content (AvgIpc) is 2.28. The maximum Gasteiger partial charge on any atom is 0.405 e. The summed E-state index contributed by atoms with van der Waals surface area (Å²) in [5, 5.41) is 0. The Bertz CT molecular complexity index is 513. The lowest BCUT2D eigenvalue weighted by Gasteiger charge is -2.30. The van der Waals surface area contributed by atoms with Gasteiger partial charge in [-0.3, -0.25) is 0 Å². The van der Waals surface area contributed by atoms with Crippen LogP contribution in [0.1, 0.15) is 19.4 Å². The first-order valence-electron chi connectivity index (χ1n) is 5.65. The Labute approximate surface area is 118 Å². The van der Waals surface area contributed by atoms with Crippen LogP contribution in [-0.2, 0) is 0 Å². The lowest BCUT2D eigenvalue weighted by molar-refractivity contribution is -0.120. The van der Waals surface area contributed by atoms with Crippen LogP contribution in [0, 0.1) is 11.6 Å². The van der Waals surface area contributed by atoms with Crippen LogP contribution in [0.25, 0.3) is 0 Å². The number of nitrogens with two attached hydrogens (primary N) is 1. The zero-order valence-corrected chi connectivity index (χ0v) is 11.6. The minimum Gasteiger partial charge on any atom is -0.389 e. The van der Waals surface area contributed by atoms with Crippen LogP contribution in [0.4, 0.5) is 27.6 Å². The molecule has 2 nitrogen and oxygen atoms in total. The largest absolute Gasteiger partial charge is 0.405 e. The van der Waals surface area contributed by atoms with Crippen molar-refractivity contribution in [2.24, 2.45) is 5.73 Å². The number of hydrogen-bond donors (Lipinski definition) is 1. The Kier molecular flexibility index (Phi) is 4.90. The molecule has 0 amide bonds. The van der Waals surface area contributed by atoms with Gasteiger partial charge in [0.2, 0.25) is 0 Å². The smallest absolute Gasteiger partial charge is 0.389 e. The number of thiocarbonyl (C=S) groups is 1. The minimum atomic E-state index is -4.53. The zero-order valence-electron chi connectivity index (χ0n) is 10.8. The van der Waals surface area contributed by atoms with Crippen molar-refractivity contribution in [3.63, 3.8) is 0 Å². The Balaban J connectivity index is 3.29. The molecule has 0 fully saturated rings. The fourth-order valence-corrected chi connectivity index (χ4v) is 1.85. The van der Waals surface area contributed by atoms with E-state index in [1.807, 2.05) is 0 Å². The van der Waals surface area contributed by atoms with E-state index in [4.69, 9.17) is 5.73 Å². The van der Waals surface area contributed by atoms with E-state index >= 15 is 0 Å². The van der Waals surface area contributed by atoms with Gasteiger partial charge in [0.15, 0.2) is 11.6 Å². The highest BCUT2D eigenvalue weighted by atomic mass is 32.1. The summed E-state index contributed by atoms with van der Waals surface area (Å²) in [5.74, 6) is -2.74. The molecule has 8 heteroatoms. The first-order chi connectivity index (χ1) is 9.04. The maximum absolute atomic E-state index is 13.9. The molecule has 0 radical (unpaired) electrons. The standard InChI is InChI=1S/C12H13F5N2S/c1-6(2)19(5-12(15,16)17)8-4-3-7(11(18)20)9(13)10(8)14/h3-4,6H,5H2,1-2H3,(H2,18,20). The van der Waals surface area contributed by atoms with Crippen LogP contribution in [0.15, 0.2) is 12.1 Å². The molecule has 0 spiro atoms. The van der Waals surface area contributed by atoms with Gasteiger partial charge in [-0.15, -0.1) is 0 Å². The maximum atomic E-state index is 13.9. The molecule has 0 aromatic heterocycles. The second-order valence-corrected chi connectivity index (χ2v) is 4.90. The Morgan fingerprint density at radius 2 is 1.80 bits per heavy atom. The molecule has 0 heterocycles. The summed E-state index contributed by atoms with van der Waals surface area (Å²) >= 11 is 4.53. The van der Waals surface area contributed by atoms with E-state index in [9.17, 15) is 22.0 Å². The number of hydrogen-bond acceptors (Lipinski definition) is 2. The molecular weight excluding hydrogens is 299 g/mol. The third kappa shape index (κ3) is 3.78. The molecule has 0 unspecified atom stereocenters. The summed E-state index contributed by atoms with van der Waals surface area (Å²) in [6.45, 7) is 1.52. The number of nitrogens with zero attached hydrogens (tertiary/aromatic N) is 1. The molecule has 0 saturated heterocycles.